The smallest absolute Gasteiger partial charge is 0.261 e. The van der Waals surface area contributed by atoms with E-state index in [0.29, 0.717) is 12.2 Å². The van der Waals surface area contributed by atoms with E-state index in [9.17, 15) is 4.79 Å². The van der Waals surface area contributed by atoms with Crippen molar-refractivity contribution in [1.82, 2.24) is 4.90 Å². The van der Waals surface area contributed by atoms with Gasteiger partial charge in [-0.3, -0.25) is 9.69 Å². The molecule has 5 heteroatoms. The van der Waals surface area contributed by atoms with E-state index in [1.807, 2.05) is 38.1 Å². The van der Waals surface area contributed by atoms with E-state index >= 15 is 0 Å². The second kappa shape index (κ2) is 7.23. The summed E-state index contributed by atoms with van der Waals surface area (Å²) >= 11 is 0. The first-order valence-corrected chi connectivity index (χ1v) is 10.9. The summed E-state index contributed by atoms with van der Waals surface area (Å²) in [6, 6.07) is 25.0. The van der Waals surface area contributed by atoms with Crippen molar-refractivity contribution >= 4 is 11.9 Å². The average Bonchev–Trinajstić information content (AvgIpc) is 2.97. The Balaban J connectivity index is 1.58. The van der Waals surface area contributed by atoms with Crippen LogP contribution in [0.1, 0.15) is 37.0 Å². The molecule has 5 rings (SSSR count). The Morgan fingerprint density at radius 2 is 1.69 bits per heavy atom. The second-order valence-corrected chi connectivity index (χ2v) is 9.31. The third kappa shape index (κ3) is 3.34. The molecule has 1 spiro atoms. The number of carbonyl (C=O) groups is 1. The molecule has 5 nitrogen and oxygen atoms in total. The number of likely N-dealkylation sites (N-methyl/N-ethyl adjacent to an activating group) is 1. The molecule has 1 atom stereocenters. The van der Waals surface area contributed by atoms with E-state index in [1.165, 1.54) is 16.0 Å². The van der Waals surface area contributed by atoms with Gasteiger partial charge in [0, 0.05) is 19.0 Å². The average molecular weight is 426 g/mol. The first kappa shape index (κ1) is 20.3. The highest BCUT2D eigenvalue weighted by atomic mass is 16.5. The molecule has 1 amide bonds. The summed E-state index contributed by atoms with van der Waals surface area (Å²) in [5.74, 6) is 0.821. The maximum absolute atomic E-state index is 13.3. The van der Waals surface area contributed by atoms with Crippen LogP contribution in [-0.4, -0.2) is 29.4 Å². The van der Waals surface area contributed by atoms with Crippen molar-refractivity contribution in [3.8, 4) is 16.9 Å². The molecule has 2 aliphatic rings. The summed E-state index contributed by atoms with van der Waals surface area (Å²) in [6.45, 7) is 3.96. The Morgan fingerprint density at radius 1 is 0.969 bits per heavy atom. The molecule has 3 aromatic rings. The Morgan fingerprint density at radius 3 is 2.41 bits per heavy atom. The number of ether oxygens (including phenoxy) is 1. The van der Waals surface area contributed by atoms with Crippen LogP contribution in [0.2, 0.25) is 0 Å². The summed E-state index contributed by atoms with van der Waals surface area (Å²) in [6.07, 6.45) is 1.30. The van der Waals surface area contributed by atoms with Gasteiger partial charge in [0.2, 0.25) is 0 Å². The monoisotopic (exact) mass is 425 g/mol. The van der Waals surface area contributed by atoms with Crippen LogP contribution >= 0.6 is 0 Å². The van der Waals surface area contributed by atoms with Gasteiger partial charge < -0.3 is 10.5 Å². The molecule has 1 unspecified atom stereocenters. The molecule has 3 aromatic carbocycles. The first-order chi connectivity index (χ1) is 15.3. The van der Waals surface area contributed by atoms with Crippen LogP contribution in [0.4, 0.5) is 0 Å². The Bertz CT molecular complexity index is 1230. The van der Waals surface area contributed by atoms with Gasteiger partial charge in [-0.05, 0) is 54.7 Å². The highest BCUT2D eigenvalue weighted by Crippen LogP contribution is 2.49. The van der Waals surface area contributed by atoms with Crippen molar-refractivity contribution in [3.63, 3.8) is 0 Å². The van der Waals surface area contributed by atoms with Gasteiger partial charge in [-0.1, -0.05) is 60.7 Å². The number of hydrogen-bond donors (Lipinski definition) is 1. The summed E-state index contributed by atoms with van der Waals surface area (Å²) in [5.41, 5.74) is 9.90. The number of nitrogens with two attached hydrogens (primary N) is 1. The minimum absolute atomic E-state index is 0.109. The van der Waals surface area contributed by atoms with Crippen molar-refractivity contribution in [2.24, 2.45) is 10.7 Å². The number of carbonyl (C=O) groups excluding carboxylic acids is 1. The highest BCUT2D eigenvalue weighted by Gasteiger charge is 2.55. The Hall–Kier alpha value is -3.60. The number of aliphatic imine (C=N–C) groups is 1. The lowest BCUT2D eigenvalue weighted by molar-refractivity contribution is -0.133. The molecule has 0 aliphatic carbocycles. The van der Waals surface area contributed by atoms with Crippen LogP contribution in [0.15, 0.2) is 77.8 Å². The lowest BCUT2D eigenvalue weighted by Crippen LogP contribution is -2.49. The van der Waals surface area contributed by atoms with E-state index in [1.54, 1.807) is 7.05 Å². The molecule has 2 heterocycles. The maximum atomic E-state index is 13.3. The fourth-order valence-corrected chi connectivity index (χ4v) is 4.85. The minimum Gasteiger partial charge on any atom is -0.487 e. The van der Waals surface area contributed by atoms with Crippen LogP contribution in [0.25, 0.3) is 11.1 Å². The molecule has 0 radical (unpaired) electrons. The summed E-state index contributed by atoms with van der Waals surface area (Å²) in [4.78, 5) is 19.4. The van der Waals surface area contributed by atoms with E-state index in [2.05, 4.69) is 53.5 Å². The SMILES string of the molecule is CN1C(=O)C2(CC(C)(C)Oc3ccc(-c4cccc(Cc5ccccc5)c4)cc32)N=C1N. The highest BCUT2D eigenvalue weighted by molar-refractivity contribution is 6.07. The zero-order chi connectivity index (χ0) is 22.5. The van der Waals surface area contributed by atoms with Gasteiger partial charge in [0.05, 0.1) is 0 Å². The topological polar surface area (TPSA) is 67.9 Å². The van der Waals surface area contributed by atoms with Crippen molar-refractivity contribution in [2.75, 3.05) is 7.05 Å². The standard InChI is InChI=1S/C27H27N3O2/c1-26(2)17-27(24(31)30(3)25(28)29-27)22-16-21(12-13-23(22)32-26)20-11-7-10-19(15-20)14-18-8-5-4-6-9-18/h4-13,15-16H,14,17H2,1-3H3,(H2,28,29). The zero-order valence-corrected chi connectivity index (χ0v) is 18.6. The van der Waals surface area contributed by atoms with Gasteiger partial charge in [-0.2, -0.15) is 0 Å². The Labute approximate surface area is 188 Å². The summed E-state index contributed by atoms with van der Waals surface area (Å²) < 4.78 is 6.24. The van der Waals surface area contributed by atoms with Gasteiger partial charge in [-0.25, -0.2) is 4.99 Å². The maximum Gasteiger partial charge on any atom is 0.261 e. The normalized spacial score (nSPS) is 21.3. The lowest BCUT2D eigenvalue weighted by Gasteiger charge is -2.41. The van der Waals surface area contributed by atoms with Crippen molar-refractivity contribution in [2.45, 2.75) is 37.8 Å². The number of hydrogen-bond acceptors (Lipinski definition) is 4. The lowest BCUT2D eigenvalue weighted by atomic mass is 9.77. The van der Waals surface area contributed by atoms with Crippen molar-refractivity contribution in [1.29, 1.82) is 0 Å². The molecule has 162 valence electrons. The van der Waals surface area contributed by atoms with Crippen LogP contribution in [-0.2, 0) is 16.8 Å². The quantitative estimate of drug-likeness (QED) is 0.672. The van der Waals surface area contributed by atoms with Gasteiger partial charge in [0.15, 0.2) is 11.5 Å². The summed E-state index contributed by atoms with van der Waals surface area (Å²) in [5, 5.41) is 0. The van der Waals surface area contributed by atoms with Crippen LogP contribution in [0.5, 0.6) is 5.75 Å². The molecular weight excluding hydrogens is 398 g/mol. The van der Waals surface area contributed by atoms with Crippen LogP contribution in [0.3, 0.4) is 0 Å². The molecule has 0 saturated heterocycles. The fraction of sp³-hybridized carbons (Fsp3) is 0.259. The molecule has 0 bridgehead atoms. The third-order valence-corrected chi connectivity index (χ3v) is 6.31. The number of nitrogens with zero attached hydrogens (tertiary/aromatic N) is 2. The predicted molar refractivity (Wildman–Crippen MR) is 127 cm³/mol. The van der Waals surface area contributed by atoms with Crippen LogP contribution in [0, 0.1) is 0 Å². The van der Waals surface area contributed by atoms with E-state index in [4.69, 9.17) is 10.5 Å². The number of amides is 1. The number of benzene rings is 3. The minimum atomic E-state index is -1.05. The van der Waals surface area contributed by atoms with Gasteiger partial charge in [0.25, 0.3) is 5.91 Å². The fourth-order valence-electron chi connectivity index (χ4n) is 4.85. The molecule has 32 heavy (non-hydrogen) atoms. The molecular formula is C27H27N3O2. The summed E-state index contributed by atoms with van der Waals surface area (Å²) in [7, 11) is 1.68. The first-order valence-electron chi connectivity index (χ1n) is 10.9. The predicted octanol–water partition coefficient (Wildman–Crippen LogP) is 4.49. The zero-order valence-electron chi connectivity index (χ0n) is 18.6. The van der Waals surface area contributed by atoms with Gasteiger partial charge >= 0.3 is 0 Å². The molecule has 0 aromatic heterocycles. The molecule has 2 N–H and O–H groups in total. The number of fused-ring (bicyclic) bond motifs is 2. The van der Waals surface area contributed by atoms with Crippen LogP contribution < -0.4 is 10.5 Å². The van der Waals surface area contributed by atoms with Crippen molar-refractivity contribution in [3.05, 3.63) is 89.5 Å². The number of guanidine groups is 1. The van der Waals surface area contributed by atoms with E-state index < -0.39 is 11.1 Å². The largest absolute Gasteiger partial charge is 0.487 e. The molecule has 0 fully saturated rings. The molecule has 0 saturated carbocycles. The van der Waals surface area contributed by atoms with Crippen molar-refractivity contribution < 1.29 is 9.53 Å². The van der Waals surface area contributed by atoms with E-state index in [-0.39, 0.29) is 11.9 Å². The molecule has 2 aliphatic heterocycles. The van der Waals surface area contributed by atoms with Gasteiger partial charge in [0.1, 0.15) is 11.4 Å². The Kier molecular flexibility index (Phi) is 4.59. The second-order valence-electron chi connectivity index (χ2n) is 9.31. The van der Waals surface area contributed by atoms with E-state index in [0.717, 1.165) is 23.1 Å². The third-order valence-electron chi connectivity index (χ3n) is 6.31. The van der Waals surface area contributed by atoms with Gasteiger partial charge in [-0.15, -0.1) is 0 Å². The number of rotatable bonds is 3.